The molecule has 2 atom stereocenters. The maximum Gasteiger partial charge on any atom is 0.407 e. The number of nitrogens with zero attached hydrogens (tertiary/aromatic N) is 2. The van der Waals surface area contributed by atoms with Gasteiger partial charge < -0.3 is 20.3 Å². The number of ether oxygens (including phenoxy) is 1. The van der Waals surface area contributed by atoms with Gasteiger partial charge in [0.1, 0.15) is 24.1 Å². The molecule has 1 aromatic rings. The summed E-state index contributed by atoms with van der Waals surface area (Å²) in [5.74, 6) is 0. The molecule has 0 saturated carbocycles. The first-order chi connectivity index (χ1) is 8.79. The van der Waals surface area contributed by atoms with Gasteiger partial charge in [-0.3, -0.25) is 0 Å². The molecule has 1 heterocycles. The molecule has 0 bridgehead atoms. The minimum atomic E-state index is -1.17. The third-order valence-electron chi connectivity index (χ3n) is 2.14. The summed E-state index contributed by atoms with van der Waals surface area (Å²) in [5.41, 5.74) is -0.234. The van der Waals surface area contributed by atoms with E-state index < -0.39 is 23.9 Å². The van der Waals surface area contributed by atoms with Gasteiger partial charge in [0, 0.05) is 24.5 Å². The highest BCUT2D eigenvalue weighted by molar-refractivity contribution is 5.67. The first kappa shape index (κ1) is 15.3. The molecule has 7 nitrogen and oxygen atoms in total. The van der Waals surface area contributed by atoms with Gasteiger partial charge in [0.05, 0.1) is 0 Å². The lowest BCUT2D eigenvalue weighted by Gasteiger charge is -2.22. The van der Waals surface area contributed by atoms with Crippen molar-refractivity contribution < 1.29 is 19.7 Å². The molecule has 7 heteroatoms. The Morgan fingerprint density at radius 2 is 1.95 bits per heavy atom. The molecule has 0 spiro atoms. The van der Waals surface area contributed by atoms with E-state index in [1.807, 2.05) is 0 Å². The van der Waals surface area contributed by atoms with Crippen molar-refractivity contribution in [3.63, 3.8) is 0 Å². The van der Waals surface area contributed by atoms with Gasteiger partial charge >= 0.3 is 6.09 Å². The Balaban J connectivity index is 2.43. The lowest BCUT2D eigenvalue weighted by Crippen LogP contribution is -2.38. The lowest BCUT2D eigenvalue weighted by molar-refractivity contribution is 0.0126. The average Bonchev–Trinajstić information content (AvgIpc) is 2.34. The predicted molar refractivity (Wildman–Crippen MR) is 67.2 cm³/mol. The van der Waals surface area contributed by atoms with Gasteiger partial charge in [0.25, 0.3) is 0 Å². The molecule has 0 aliphatic heterocycles. The summed E-state index contributed by atoms with van der Waals surface area (Å²) < 4.78 is 5.01. The van der Waals surface area contributed by atoms with E-state index in [0.717, 1.165) is 0 Å². The van der Waals surface area contributed by atoms with Crippen LogP contribution in [0.1, 0.15) is 32.4 Å². The molecule has 106 valence electrons. The number of rotatable bonds is 4. The summed E-state index contributed by atoms with van der Waals surface area (Å²) in [6, 6.07) is 0. The molecule has 19 heavy (non-hydrogen) atoms. The fraction of sp³-hybridized carbons (Fsp3) is 0.583. The number of carbonyl (C=O) groups excluding carboxylic acids is 1. The highest BCUT2D eigenvalue weighted by Gasteiger charge is 2.21. The number of hydrogen-bond donors (Lipinski definition) is 3. The molecule has 0 aliphatic carbocycles. The standard InChI is InChI=1S/C12H19N3O4/c1-12(2,3)19-11(18)15-6-9(16)10(17)8-4-13-7-14-5-8/h4-5,7,9-10,16-17H,6H2,1-3H3,(H,15,18). The first-order valence-electron chi connectivity index (χ1n) is 5.87. The minimum Gasteiger partial charge on any atom is -0.444 e. The smallest absolute Gasteiger partial charge is 0.407 e. The Morgan fingerprint density at radius 1 is 1.37 bits per heavy atom. The monoisotopic (exact) mass is 269 g/mol. The van der Waals surface area contributed by atoms with Crippen LogP contribution in [0.5, 0.6) is 0 Å². The van der Waals surface area contributed by atoms with Crippen molar-refractivity contribution >= 4 is 6.09 Å². The number of aromatic nitrogens is 2. The van der Waals surface area contributed by atoms with Crippen molar-refractivity contribution in [2.45, 2.75) is 38.6 Å². The van der Waals surface area contributed by atoms with Crippen molar-refractivity contribution in [1.82, 2.24) is 15.3 Å². The molecule has 1 rings (SSSR count). The number of aliphatic hydroxyl groups excluding tert-OH is 2. The van der Waals surface area contributed by atoms with Crippen LogP contribution in [0.4, 0.5) is 4.79 Å². The van der Waals surface area contributed by atoms with Gasteiger partial charge in [-0.2, -0.15) is 0 Å². The topological polar surface area (TPSA) is 105 Å². The van der Waals surface area contributed by atoms with Gasteiger partial charge in [-0.15, -0.1) is 0 Å². The molecule has 1 amide bonds. The fourth-order valence-corrected chi connectivity index (χ4v) is 1.30. The molecule has 0 saturated heterocycles. The van der Waals surface area contributed by atoms with Crippen LogP contribution in [-0.2, 0) is 4.74 Å². The number of alkyl carbamates (subject to hydrolysis) is 1. The Bertz CT molecular complexity index is 405. The van der Waals surface area contributed by atoms with Crippen LogP contribution < -0.4 is 5.32 Å². The van der Waals surface area contributed by atoms with Gasteiger partial charge in [0.2, 0.25) is 0 Å². The Hall–Kier alpha value is -1.73. The van der Waals surface area contributed by atoms with Gasteiger partial charge in [-0.05, 0) is 20.8 Å². The zero-order valence-electron chi connectivity index (χ0n) is 11.2. The minimum absolute atomic E-state index is 0.134. The predicted octanol–water partition coefficient (Wildman–Crippen LogP) is 0.396. The van der Waals surface area contributed by atoms with E-state index in [1.54, 1.807) is 20.8 Å². The third-order valence-corrected chi connectivity index (χ3v) is 2.14. The maximum absolute atomic E-state index is 11.4. The summed E-state index contributed by atoms with van der Waals surface area (Å²) in [5, 5.41) is 21.9. The third kappa shape index (κ3) is 5.62. The summed E-state index contributed by atoms with van der Waals surface area (Å²) >= 11 is 0. The van der Waals surface area contributed by atoms with Crippen molar-refractivity contribution in [1.29, 1.82) is 0 Å². The van der Waals surface area contributed by atoms with Crippen LogP contribution in [-0.4, -0.2) is 44.5 Å². The van der Waals surface area contributed by atoms with E-state index in [4.69, 9.17) is 4.74 Å². The lowest BCUT2D eigenvalue weighted by atomic mass is 10.1. The van der Waals surface area contributed by atoms with Gasteiger partial charge in [-0.25, -0.2) is 14.8 Å². The normalized spacial score (nSPS) is 14.6. The Labute approximate surface area is 111 Å². The van der Waals surface area contributed by atoms with Crippen LogP contribution in [0.2, 0.25) is 0 Å². The summed E-state index contributed by atoms with van der Waals surface area (Å²) in [6.45, 7) is 5.07. The van der Waals surface area contributed by atoms with E-state index in [-0.39, 0.29) is 6.54 Å². The van der Waals surface area contributed by atoms with Gasteiger partial charge in [0.15, 0.2) is 0 Å². The molecule has 0 radical (unpaired) electrons. The number of hydrogen-bond acceptors (Lipinski definition) is 6. The van der Waals surface area contributed by atoms with Crippen LogP contribution in [0.25, 0.3) is 0 Å². The number of nitrogens with one attached hydrogen (secondary N) is 1. The summed E-state index contributed by atoms with van der Waals surface area (Å²) in [6.07, 6.45) is 1.13. The second-order valence-electron chi connectivity index (χ2n) is 5.07. The van der Waals surface area contributed by atoms with Crippen LogP contribution >= 0.6 is 0 Å². The van der Waals surface area contributed by atoms with Crippen LogP contribution in [0.15, 0.2) is 18.7 Å². The second-order valence-corrected chi connectivity index (χ2v) is 5.07. The molecule has 3 N–H and O–H groups in total. The second kappa shape index (κ2) is 6.44. The van der Waals surface area contributed by atoms with E-state index in [2.05, 4.69) is 15.3 Å². The summed E-state index contributed by atoms with van der Waals surface area (Å²) in [7, 11) is 0. The molecular weight excluding hydrogens is 250 g/mol. The van der Waals surface area contributed by atoms with Crippen LogP contribution in [0.3, 0.4) is 0 Å². The van der Waals surface area contributed by atoms with Gasteiger partial charge in [-0.1, -0.05) is 0 Å². The quantitative estimate of drug-likeness (QED) is 0.730. The van der Waals surface area contributed by atoms with E-state index in [9.17, 15) is 15.0 Å². The molecule has 0 aliphatic rings. The summed E-state index contributed by atoms with van der Waals surface area (Å²) in [4.78, 5) is 18.8. The van der Waals surface area contributed by atoms with E-state index in [1.165, 1.54) is 18.7 Å². The zero-order chi connectivity index (χ0) is 14.5. The zero-order valence-corrected chi connectivity index (χ0v) is 11.2. The first-order valence-corrected chi connectivity index (χ1v) is 5.87. The highest BCUT2D eigenvalue weighted by Crippen LogP contribution is 2.14. The van der Waals surface area contributed by atoms with Crippen molar-refractivity contribution in [3.05, 3.63) is 24.3 Å². The van der Waals surface area contributed by atoms with Crippen molar-refractivity contribution in [2.75, 3.05) is 6.54 Å². The highest BCUT2D eigenvalue weighted by atomic mass is 16.6. The molecule has 0 fully saturated rings. The van der Waals surface area contributed by atoms with E-state index >= 15 is 0 Å². The molecule has 1 aromatic heterocycles. The molecule has 0 aromatic carbocycles. The largest absolute Gasteiger partial charge is 0.444 e. The number of aliphatic hydroxyl groups is 2. The van der Waals surface area contributed by atoms with E-state index in [0.29, 0.717) is 5.56 Å². The number of carbonyl (C=O) groups is 1. The molecule has 2 unspecified atom stereocenters. The number of amides is 1. The SMILES string of the molecule is CC(C)(C)OC(=O)NCC(O)C(O)c1cncnc1. The average molecular weight is 269 g/mol. The molecular formula is C12H19N3O4. The van der Waals surface area contributed by atoms with Crippen LogP contribution in [0, 0.1) is 0 Å². The van der Waals surface area contributed by atoms with Crippen molar-refractivity contribution in [3.8, 4) is 0 Å². The fourth-order valence-electron chi connectivity index (χ4n) is 1.30. The maximum atomic E-state index is 11.4. The Morgan fingerprint density at radius 3 is 2.47 bits per heavy atom. The Kier molecular flexibility index (Phi) is 5.20. The van der Waals surface area contributed by atoms with Crippen molar-refractivity contribution in [2.24, 2.45) is 0 Å².